The molecule has 2 aliphatic rings. The van der Waals surface area contributed by atoms with Crippen LogP contribution in [-0.4, -0.2) is 62.8 Å². The predicted octanol–water partition coefficient (Wildman–Crippen LogP) is -0.199. The number of hydrogen-bond acceptors (Lipinski definition) is 6. The Bertz CT molecular complexity index is 766. The third-order valence-electron chi connectivity index (χ3n) is 4.61. The van der Waals surface area contributed by atoms with E-state index >= 15 is 0 Å². The Balaban J connectivity index is 1.66. The molecule has 0 unspecified atom stereocenters. The molecule has 0 saturated carbocycles. The van der Waals surface area contributed by atoms with Gasteiger partial charge < -0.3 is 19.7 Å². The number of benzene rings is 1. The van der Waals surface area contributed by atoms with E-state index in [2.05, 4.69) is 5.32 Å². The molecule has 1 N–H and O–H groups in total. The van der Waals surface area contributed by atoms with E-state index < -0.39 is 50.8 Å². The highest BCUT2D eigenvalue weighted by Crippen LogP contribution is 2.43. The lowest BCUT2D eigenvalue weighted by Crippen LogP contribution is -2.71. The molecule has 1 aromatic carbocycles. The van der Waals surface area contributed by atoms with Gasteiger partial charge in [-0.15, -0.1) is 0 Å². The van der Waals surface area contributed by atoms with Crippen LogP contribution in [0.5, 0.6) is 5.75 Å². The maximum absolute atomic E-state index is 12.8. The van der Waals surface area contributed by atoms with Gasteiger partial charge in [0.05, 0.1) is 22.7 Å². The normalized spacial score (nSPS) is 28.7. The first-order valence-corrected chi connectivity index (χ1v) is 9.28. The maximum atomic E-state index is 12.8. The molecule has 0 bridgehead atoms. The van der Waals surface area contributed by atoms with Gasteiger partial charge >= 0.3 is 5.97 Å². The van der Waals surface area contributed by atoms with Crippen LogP contribution in [0.2, 0.25) is 0 Å². The van der Waals surface area contributed by atoms with Gasteiger partial charge in [0.25, 0.3) is 5.91 Å². The molecule has 4 atom stereocenters. The minimum absolute atomic E-state index is 0.267. The molecule has 0 spiro atoms. The molecule has 140 valence electrons. The van der Waals surface area contributed by atoms with Crippen molar-refractivity contribution in [3.8, 4) is 5.75 Å². The second kappa shape index (κ2) is 6.71. The largest absolute Gasteiger partial charge is 0.484 e. The predicted molar refractivity (Wildman–Crippen MR) is 92.5 cm³/mol. The molecule has 0 aromatic heterocycles. The van der Waals surface area contributed by atoms with Crippen molar-refractivity contribution < 1.29 is 28.1 Å². The third kappa shape index (κ3) is 2.86. The van der Waals surface area contributed by atoms with E-state index in [0.717, 1.165) is 0 Å². The molecule has 8 nitrogen and oxygen atoms in total. The molecule has 9 heteroatoms. The van der Waals surface area contributed by atoms with Crippen molar-refractivity contribution in [1.82, 2.24) is 10.2 Å². The Hall–Kier alpha value is -2.42. The minimum Gasteiger partial charge on any atom is -0.484 e. The molecule has 2 aliphatic heterocycles. The molecule has 2 saturated heterocycles. The minimum atomic E-state index is -1.53. The van der Waals surface area contributed by atoms with Crippen LogP contribution in [0.1, 0.15) is 13.8 Å². The fourth-order valence-electron chi connectivity index (χ4n) is 3.27. The van der Waals surface area contributed by atoms with Gasteiger partial charge in [-0.3, -0.25) is 13.8 Å². The zero-order chi connectivity index (χ0) is 19.1. The quantitative estimate of drug-likeness (QED) is 0.561. The highest BCUT2D eigenvalue weighted by atomic mass is 32.2. The summed E-state index contributed by atoms with van der Waals surface area (Å²) in [6.45, 7) is 3.03. The number of hydrogen-bond donors (Lipinski definition) is 1. The van der Waals surface area contributed by atoms with Crippen LogP contribution < -0.4 is 10.1 Å². The van der Waals surface area contributed by atoms with Gasteiger partial charge in [0.1, 0.15) is 23.2 Å². The number of para-hydroxylation sites is 1. The molecule has 3 rings (SSSR count). The van der Waals surface area contributed by atoms with Gasteiger partial charge in [-0.25, -0.2) is 4.79 Å². The highest BCUT2D eigenvalue weighted by Gasteiger charge is 2.68. The first-order chi connectivity index (χ1) is 12.3. The number of methoxy groups -OCH3 is 1. The van der Waals surface area contributed by atoms with Crippen molar-refractivity contribution in [3.63, 3.8) is 0 Å². The molecule has 2 fully saturated rings. The second-order valence-electron chi connectivity index (χ2n) is 6.61. The lowest BCUT2D eigenvalue weighted by Gasteiger charge is -2.43. The first-order valence-electron chi connectivity index (χ1n) is 8.07. The van der Waals surface area contributed by atoms with Crippen LogP contribution in [0.25, 0.3) is 0 Å². The average molecular weight is 380 g/mol. The van der Waals surface area contributed by atoms with Gasteiger partial charge in [0, 0.05) is 0 Å². The number of nitrogens with zero attached hydrogens (tertiary/aromatic N) is 1. The monoisotopic (exact) mass is 380 g/mol. The zero-order valence-corrected chi connectivity index (χ0v) is 15.4. The van der Waals surface area contributed by atoms with Crippen molar-refractivity contribution in [2.45, 2.75) is 36.1 Å². The van der Waals surface area contributed by atoms with Crippen LogP contribution in [0.15, 0.2) is 30.3 Å². The highest BCUT2D eigenvalue weighted by molar-refractivity contribution is 7.87. The zero-order valence-electron chi connectivity index (χ0n) is 14.6. The third-order valence-corrected chi connectivity index (χ3v) is 6.81. The van der Waals surface area contributed by atoms with Gasteiger partial charge in [-0.05, 0) is 26.0 Å². The van der Waals surface area contributed by atoms with Gasteiger partial charge in [-0.2, -0.15) is 0 Å². The second-order valence-corrected chi connectivity index (χ2v) is 8.74. The summed E-state index contributed by atoms with van der Waals surface area (Å²) in [4.78, 5) is 37.8. The van der Waals surface area contributed by atoms with E-state index in [4.69, 9.17) is 9.47 Å². The van der Waals surface area contributed by atoms with E-state index in [1.807, 2.05) is 6.07 Å². The molecule has 26 heavy (non-hydrogen) atoms. The van der Waals surface area contributed by atoms with Crippen LogP contribution in [0.4, 0.5) is 0 Å². The SMILES string of the molecule is COC(=O)[C@@H]1N2C(=O)[C@H](NC(=O)COc3ccccc3)[C@H]2[S@@](=O)C1(C)C. The van der Waals surface area contributed by atoms with Crippen molar-refractivity contribution >= 4 is 28.6 Å². The maximum Gasteiger partial charge on any atom is 0.330 e. The molecular formula is C17H20N2O6S. The molecule has 2 heterocycles. The number of carbonyl (C=O) groups is 3. The standard InChI is InChI=1S/C17H20N2O6S/c1-17(2)13(16(22)24-3)19-14(21)12(15(19)26(17)23)18-11(20)9-25-10-7-5-4-6-8-10/h4-8,12-13,15H,9H2,1-3H3,(H,18,20)/t12-,13-,15+,26+/m0/s1. The Morgan fingerprint density at radius 3 is 2.54 bits per heavy atom. The number of fused-ring (bicyclic) bond motifs is 1. The number of esters is 1. The molecule has 2 amide bonds. The van der Waals surface area contributed by atoms with Crippen molar-refractivity contribution in [2.24, 2.45) is 0 Å². The molecule has 1 aromatic rings. The fourth-order valence-corrected chi connectivity index (χ4v) is 5.18. The summed E-state index contributed by atoms with van der Waals surface area (Å²) >= 11 is 0. The van der Waals surface area contributed by atoms with Crippen LogP contribution >= 0.6 is 0 Å². The fraction of sp³-hybridized carbons (Fsp3) is 0.471. The number of ether oxygens (including phenoxy) is 2. The van der Waals surface area contributed by atoms with Crippen molar-refractivity contribution in [1.29, 1.82) is 0 Å². The summed E-state index contributed by atoms with van der Waals surface area (Å²) in [5.41, 5.74) is 0. The van der Waals surface area contributed by atoms with E-state index in [0.29, 0.717) is 5.75 Å². The summed E-state index contributed by atoms with van der Waals surface area (Å²) < 4.78 is 21.9. The summed E-state index contributed by atoms with van der Waals surface area (Å²) in [5, 5.41) is 1.81. The number of β-lactam (4-membered cyclic amide) rings is 1. The van der Waals surface area contributed by atoms with Gasteiger partial charge in [0.15, 0.2) is 6.61 Å². The summed E-state index contributed by atoms with van der Waals surface area (Å²) in [7, 11) is -0.311. The Morgan fingerprint density at radius 1 is 1.27 bits per heavy atom. The van der Waals surface area contributed by atoms with E-state index in [1.165, 1.54) is 12.0 Å². The van der Waals surface area contributed by atoms with Crippen LogP contribution in [0.3, 0.4) is 0 Å². The Labute approximate surface area is 153 Å². The van der Waals surface area contributed by atoms with Crippen LogP contribution in [-0.2, 0) is 29.9 Å². The van der Waals surface area contributed by atoms with Gasteiger partial charge in [-0.1, -0.05) is 18.2 Å². The Kier molecular flexibility index (Phi) is 4.74. The van der Waals surface area contributed by atoms with Crippen LogP contribution in [0, 0.1) is 0 Å². The van der Waals surface area contributed by atoms with Gasteiger partial charge in [0.2, 0.25) is 5.91 Å². The molecule has 0 radical (unpaired) electrons. The van der Waals surface area contributed by atoms with Crippen molar-refractivity contribution in [3.05, 3.63) is 30.3 Å². The number of amides is 2. The Morgan fingerprint density at radius 2 is 1.92 bits per heavy atom. The van der Waals surface area contributed by atoms with Crippen molar-refractivity contribution in [2.75, 3.05) is 13.7 Å². The van der Waals surface area contributed by atoms with E-state index in [-0.39, 0.29) is 6.61 Å². The summed E-state index contributed by atoms with van der Waals surface area (Å²) in [5.74, 6) is -1.03. The number of carbonyl (C=O) groups excluding carboxylic acids is 3. The molecular weight excluding hydrogens is 360 g/mol. The lowest BCUT2D eigenvalue weighted by molar-refractivity contribution is -0.162. The summed E-state index contributed by atoms with van der Waals surface area (Å²) in [6, 6.07) is 6.92. The molecule has 0 aliphatic carbocycles. The first kappa shape index (κ1) is 18.4. The number of rotatable bonds is 5. The average Bonchev–Trinajstić information content (AvgIpc) is 2.82. The lowest BCUT2D eigenvalue weighted by atomic mass is 9.96. The van der Waals surface area contributed by atoms with E-state index in [1.54, 1.807) is 38.1 Å². The summed E-state index contributed by atoms with van der Waals surface area (Å²) in [6.07, 6.45) is 0. The number of nitrogens with one attached hydrogen (secondary N) is 1. The topological polar surface area (TPSA) is 102 Å². The smallest absolute Gasteiger partial charge is 0.330 e. The van der Waals surface area contributed by atoms with E-state index in [9.17, 15) is 18.6 Å².